The molecular formula is C14H23NO. The monoisotopic (exact) mass is 221 g/mol. The zero-order valence-electron chi connectivity index (χ0n) is 10.8. The first-order chi connectivity index (χ1) is 7.43. The maximum Gasteiger partial charge on any atom is 0.119 e. The van der Waals surface area contributed by atoms with Crippen LogP contribution in [0.25, 0.3) is 0 Å². The van der Waals surface area contributed by atoms with Gasteiger partial charge in [0.05, 0.1) is 0 Å². The van der Waals surface area contributed by atoms with Crippen LogP contribution in [0, 0.1) is 5.41 Å². The van der Waals surface area contributed by atoms with Gasteiger partial charge in [-0.15, -0.1) is 0 Å². The van der Waals surface area contributed by atoms with Crippen molar-refractivity contribution >= 4 is 0 Å². The Hall–Kier alpha value is -1.02. The highest BCUT2D eigenvalue weighted by molar-refractivity contribution is 5.28. The number of hydrogen-bond acceptors (Lipinski definition) is 2. The first kappa shape index (κ1) is 13.0. The molecule has 1 atom stereocenters. The fraction of sp³-hybridized carbons (Fsp3) is 0.571. The molecule has 2 N–H and O–H groups in total. The van der Waals surface area contributed by atoms with E-state index in [1.807, 2.05) is 12.1 Å². The topological polar surface area (TPSA) is 35.2 Å². The van der Waals surface area contributed by atoms with E-state index in [1.165, 1.54) is 5.56 Å². The second-order valence-corrected chi connectivity index (χ2v) is 5.28. The van der Waals surface area contributed by atoms with Gasteiger partial charge >= 0.3 is 0 Å². The summed E-state index contributed by atoms with van der Waals surface area (Å²) in [4.78, 5) is 0. The number of ether oxygens (including phenoxy) is 1. The fourth-order valence-electron chi connectivity index (χ4n) is 1.29. The number of rotatable bonds is 4. The van der Waals surface area contributed by atoms with Gasteiger partial charge in [0.2, 0.25) is 0 Å². The van der Waals surface area contributed by atoms with Gasteiger partial charge in [-0.25, -0.2) is 0 Å². The van der Waals surface area contributed by atoms with Crippen molar-refractivity contribution in [2.75, 3.05) is 6.61 Å². The Morgan fingerprint density at radius 2 is 2.00 bits per heavy atom. The third-order valence-electron chi connectivity index (χ3n) is 2.85. The molecule has 1 unspecified atom stereocenters. The molecule has 90 valence electrons. The average Bonchev–Trinajstić information content (AvgIpc) is 2.25. The number of aryl methyl sites for hydroxylation is 1. The second-order valence-electron chi connectivity index (χ2n) is 5.28. The number of benzene rings is 1. The van der Waals surface area contributed by atoms with Gasteiger partial charge in [0.25, 0.3) is 0 Å². The molecule has 0 bridgehead atoms. The molecule has 1 rings (SSSR count). The van der Waals surface area contributed by atoms with Crippen molar-refractivity contribution in [1.82, 2.24) is 0 Å². The van der Waals surface area contributed by atoms with Gasteiger partial charge in [-0.1, -0.05) is 39.8 Å². The van der Waals surface area contributed by atoms with Crippen LogP contribution in [0.5, 0.6) is 5.75 Å². The predicted molar refractivity (Wildman–Crippen MR) is 68.7 cm³/mol. The van der Waals surface area contributed by atoms with Crippen LogP contribution in [0.15, 0.2) is 24.3 Å². The zero-order chi connectivity index (χ0) is 12.2. The maximum absolute atomic E-state index is 6.04. The Morgan fingerprint density at radius 1 is 1.31 bits per heavy atom. The van der Waals surface area contributed by atoms with Crippen molar-refractivity contribution in [2.45, 2.75) is 40.2 Å². The van der Waals surface area contributed by atoms with Gasteiger partial charge in [0.1, 0.15) is 12.4 Å². The summed E-state index contributed by atoms with van der Waals surface area (Å²) in [5, 5.41) is 0. The lowest BCUT2D eigenvalue weighted by Gasteiger charge is -2.26. The molecule has 2 heteroatoms. The van der Waals surface area contributed by atoms with Crippen LogP contribution in [-0.2, 0) is 6.42 Å². The van der Waals surface area contributed by atoms with Gasteiger partial charge in [0.15, 0.2) is 0 Å². The summed E-state index contributed by atoms with van der Waals surface area (Å²) in [6.45, 7) is 9.09. The van der Waals surface area contributed by atoms with E-state index < -0.39 is 0 Å². The molecule has 0 saturated heterocycles. The Labute approximate surface area is 98.8 Å². The molecule has 0 heterocycles. The standard InChI is InChI=1S/C14H23NO/c1-5-11-7-6-8-12(9-11)16-10-13(15)14(2,3)4/h6-9,13H,5,10,15H2,1-4H3. The van der Waals surface area contributed by atoms with Crippen molar-refractivity contribution in [3.05, 3.63) is 29.8 Å². The van der Waals surface area contributed by atoms with E-state index in [4.69, 9.17) is 10.5 Å². The summed E-state index contributed by atoms with van der Waals surface area (Å²) >= 11 is 0. The van der Waals surface area contributed by atoms with Crippen molar-refractivity contribution < 1.29 is 4.74 Å². The van der Waals surface area contributed by atoms with Crippen molar-refractivity contribution in [2.24, 2.45) is 11.1 Å². The fourth-order valence-corrected chi connectivity index (χ4v) is 1.29. The first-order valence-corrected chi connectivity index (χ1v) is 5.91. The maximum atomic E-state index is 6.04. The molecule has 0 aliphatic rings. The largest absolute Gasteiger partial charge is 0.492 e. The van der Waals surface area contributed by atoms with Crippen molar-refractivity contribution in [1.29, 1.82) is 0 Å². The van der Waals surface area contributed by atoms with Crippen LogP contribution in [0.1, 0.15) is 33.3 Å². The average molecular weight is 221 g/mol. The Balaban J connectivity index is 2.54. The molecule has 0 aliphatic carbocycles. The highest BCUT2D eigenvalue weighted by Crippen LogP contribution is 2.19. The van der Waals surface area contributed by atoms with E-state index >= 15 is 0 Å². The normalized spacial score (nSPS) is 13.6. The molecular weight excluding hydrogens is 198 g/mol. The smallest absolute Gasteiger partial charge is 0.119 e. The SMILES string of the molecule is CCc1cccc(OCC(N)C(C)(C)C)c1. The Bertz CT molecular complexity index is 328. The van der Waals surface area contributed by atoms with Gasteiger partial charge in [-0.05, 0) is 29.5 Å². The predicted octanol–water partition coefficient (Wildman–Crippen LogP) is 3.00. The van der Waals surface area contributed by atoms with E-state index in [-0.39, 0.29) is 11.5 Å². The summed E-state index contributed by atoms with van der Waals surface area (Å²) in [5.41, 5.74) is 7.42. The van der Waals surface area contributed by atoms with E-state index in [9.17, 15) is 0 Å². The summed E-state index contributed by atoms with van der Waals surface area (Å²) in [7, 11) is 0. The lowest BCUT2D eigenvalue weighted by atomic mass is 9.88. The van der Waals surface area contributed by atoms with Crippen molar-refractivity contribution in [3.63, 3.8) is 0 Å². The summed E-state index contributed by atoms with van der Waals surface area (Å²) in [6.07, 6.45) is 1.03. The third kappa shape index (κ3) is 3.86. The van der Waals surface area contributed by atoms with E-state index in [0.29, 0.717) is 6.61 Å². The minimum absolute atomic E-state index is 0.0535. The lowest BCUT2D eigenvalue weighted by molar-refractivity contribution is 0.205. The molecule has 1 aromatic carbocycles. The number of nitrogens with two attached hydrogens (primary N) is 1. The van der Waals surface area contributed by atoms with Crippen LogP contribution in [-0.4, -0.2) is 12.6 Å². The van der Waals surface area contributed by atoms with Crippen LogP contribution in [0.2, 0.25) is 0 Å². The molecule has 0 spiro atoms. The van der Waals surface area contributed by atoms with Gasteiger partial charge < -0.3 is 10.5 Å². The highest BCUT2D eigenvalue weighted by atomic mass is 16.5. The van der Waals surface area contributed by atoms with E-state index in [2.05, 4.69) is 39.8 Å². The van der Waals surface area contributed by atoms with E-state index in [1.54, 1.807) is 0 Å². The molecule has 0 aromatic heterocycles. The molecule has 0 radical (unpaired) electrons. The van der Waals surface area contributed by atoms with Crippen LogP contribution in [0.3, 0.4) is 0 Å². The van der Waals surface area contributed by atoms with E-state index in [0.717, 1.165) is 12.2 Å². The minimum atomic E-state index is 0.0535. The number of hydrogen-bond donors (Lipinski definition) is 1. The van der Waals surface area contributed by atoms with Gasteiger partial charge in [-0.2, -0.15) is 0 Å². The minimum Gasteiger partial charge on any atom is -0.492 e. The Kier molecular flexibility index (Phi) is 4.36. The van der Waals surface area contributed by atoms with Gasteiger partial charge in [-0.3, -0.25) is 0 Å². The Morgan fingerprint density at radius 3 is 2.56 bits per heavy atom. The molecule has 0 saturated carbocycles. The first-order valence-electron chi connectivity index (χ1n) is 5.91. The third-order valence-corrected chi connectivity index (χ3v) is 2.85. The summed E-state index contributed by atoms with van der Waals surface area (Å²) in [6, 6.07) is 8.25. The summed E-state index contributed by atoms with van der Waals surface area (Å²) in [5.74, 6) is 0.916. The molecule has 1 aromatic rings. The lowest BCUT2D eigenvalue weighted by Crippen LogP contribution is -2.40. The second kappa shape index (κ2) is 5.35. The molecule has 16 heavy (non-hydrogen) atoms. The highest BCUT2D eigenvalue weighted by Gasteiger charge is 2.20. The van der Waals surface area contributed by atoms with Gasteiger partial charge in [0, 0.05) is 6.04 Å². The quantitative estimate of drug-likeness (QED) is 0.848. The molecule has 0 aliphatic heterocycles. The molecule has 2 nitrogen and oxygen atoms in total. The molecule has 0 amide bonds. The van der Waals surface area contributed by atoms with Crippen LogP contribution >= 0.6 is 0 Å². The van der Waals surface area contributed by atoms with Crippen LogP contribution < -0.4 is 10.5 Å². The van der Waals surface area contributed by atoms with Crippen LogP contribution in [0.4, 0.5) is 0 Å². The zero-order valence-corrected chi connectivity index (χ0v) is 10.8. The van der Waals surface area contributed by atoms with Crippen molar-refractivity contribution in [3.8, 4) is 5.75 Å². The summed E-state index contributed by atoms with van der Waals surface area (Å²) < 4.78 is 5.71. The molecule has 0 fully saturated rings.